The zero-order chi connectivity index (χ0) is 23.5. The van der Waals surface area contributed by atoms with Crippen molar-refractivity contribution in [1.29, 1.82) is 0 Å². The van der Waals surface area contributed by atoms with Crippen molar-refractivity contribution in [2.24, 2.45) is 0 Å². The highest BCUT2D eigenvalue weighted by Gasteiger charge is 2.24. The van der Waals surface area contributed by atoms with E-state index in [1.54, 1.807) is 32.2 Å². The molecule has 0 aliphatic heterocycles. The number of halogens is 1. The number of amides is 1. The lowest BCUT2D eigenvalue weighted by Gasteiger charge is -2.13. The first-order valence-corrected chi connectivity index (χ1v) is 10.2. The summed E-state index contributed by atoms with van der Waals surface area (Å²) >= 11 is 0. The largest absolute Gasteiger partial charge is 0.494 e. The normalized spacial score (nSPS) is 10.8. The van der Waals surface area contributed by atoms with Crippen LogP contribution in [0.15, 0.2) is 54.7 Å². The number of benzene rings is 2. The molecule has 8 nitrogen and oxygen atoms in total. The van der Waals surface area contributed by atoms with E-state index < -0.39 is 17.7 Å². The molecule has 0 unspecified atom stereocenters. The zero-order valence-corrected chi connectivity index (χ0v) is 18.3. The molecule has 1 amide bonds. The van der Waals surface area contributed by atoms with Crippen LogP contribution in [0.1, 0.15) is 33.2 Å². The number of methoxy groups -OCH3 is 1. The Bertz CT molecular complexity index is 1370. The van der Waals surface area contributed by atoms with Gasteiger partial charge in [0.2, 0.25) is 0 Å². The molecule has 4 rings (SSSR count). The topological polar surface area (TPSA) is 95.3 Å². The molecule has 4 aromatic rings. The number of nitrogens with one attached hydrogen (secondary N) is 1. The van der Waals surface area contributed by atoms with Gasteiger partial charge in [-0.1, -0.05) is 24.3 Å². The van der Waals surface area contributed by atoms with Gasteiger partial charge in [0.25, 0.3) is 5.91 Å². The molecule has 2 aromatic heterocycles. The van der Waals surface area contributed by atoms with E-state index in [-0.39, 0.29) is 23.6 Å². The van der Waals surface area contributed by atoms with Crippen LogP contribution < -0.4 is 10.1 Å². The van der Waals surface area contributed by atoms with Gasteiger partial charge in [0.1, 0.15) is 22.6 Å². The number of hydrogen-bond donors (Lipinski definition) is 1. The van der Waals surface area contributed by atoms with E-state index in [2.05, 4.69) is 15.4 Å². The van der Waals surface area contributed by atoms with E-state index >= 15 is 0 Å². The van der Waals surface area contributed by atoms with Crippen molar-refractivity contribution in [3.63, 3.8) is 0 Å². The smallest absolute Gasteiger partial charge is 0.343 e. The van der Waals surface area contributed by atoms with Gasteiger partial charge in [-0.2, -0.15) is 9.78 Å². The predicted octanol–water partition coefficient (Wildman–Crippen LogP) is 4.31. The average molecular weight is 448 g/mol. The Kier molecular flexibility index (Phi) is 6.03. The van der Waals surface area contributed by atoms with Crippen molar-refractivity contribution < 1.29 is 23.5 Å². The van der Waals surface area contributed by atoms with Gasteiger partial charge in [-0.3, -0.25) is 4.79 Å². The van der Waals surface area contributed by atoms with Crippen LogP contribution in [0.5, 0.6) is 5.75 Å². The van der Waals surface area contributed by atoms with Crippen molar-refractivity contribution >= 4 is 28.6 Å². The van der Waals surface area contributed by atoms with Gasteiger partial charge in [0.15, 0.2) is 11.6 Å². The van der Waals surface area contributed by atoms with Crippen molar-refractivity contribution in [1.82, 2.24) is 14.8 Å². The summed E-state index contributed by atoms with van der Waals surface area (Å²) in [6, 6.07) is 12.9. The second-order valence-corrected chi connectivity index (χ2v) is 7.13. The van der Waals surface area contributed by atoms with Gasteiger partial charge in [-0.25, -0.2) is 14.2 Å². The number of para-hydroxylation sites is 1. The Morgan fingerprint density at radius 3 is 2.64 bits per heavy atom. The van der Waals surface area contributed by atoms with Crippen LogP contribution in [0.4, 0.5) is 10.2 Å². The SMILES string of the molecule is CCOC(=O)c1cnn(-c2cc(C)c3cccc(OC)c3n2)c1NC(=O)c1ccccc1F. The molecule has 0 saturated heterocycles. The number of ether oxygens (including phenoxy) is 2. The second-order valence-electron chi connectivity index (χ2n) is 7.13. The third-order valence-electron chi connectivity index (χ3n) is 5.05. The number of rotatable bonds is 6. The Hall–Kier alpha value is -4.27. The van der Waals surface area contributed by atoms with Gasteiger partial charge >= 0.3 is 5.97 Å². The van der Waals surface area contributed by atoms with E-state index in [9.17, 15) is 14.0 Å². The van der Waals surface area contributed by atoms with Gasteiger partial charge in [-0.05, 0) is 43.7 Å². The van der Waals surface area contributed by atoms with E-state index in [0.717, 1.165) is 10.9 Å². The summed E-state index contributed by atoms with van der Waals surface area (Å²) in [5.41, 5.74) is 1.31. The van der Waals surface area contributed by atoms with Crippen LogP contribution >= 0.6 is 0 Å². The van der Waals surface area contributed by atoms with E-state index in [1.807, 2.05) is 19.1 Å². The molecule has 0 spiro atoms. The number of fused-ring (bicyclic) bond motifs is 1. The lowest BCUT2D eigenvalue weighted by atomic mass is 10.1. The summed E-state index contributed by atoms with van der Waals surface area (Å²) in [4.78, 5) is 30.0. The number of aryl methyl sites for hydroxylation is 1. The number of hydrogen-bond acceptors (Lipinski definition) is 6. The maximum atomic E-state index is 14.2. The number of carbonyl (C=O) groups excluding carboxylic acids is 2. The molecule has 2 aromatic carbocycles. The van der Waals surface area contributed by atoms with Crippen LogP contribution in [-0.2, 0) is 4.74 Å². The van der Waals surface area contributed by atoms with E-state index in [4.69, 9.17) is 9.47 Å². The molecule has 0 aliphatic rings. The van der Waals surface area contributed by atoms with Crippen LogP contribution in [0.2, 0.25) is 0 Å². The highest BCUT2D eigenvalue weighted by atomic mass is 19.1. The van der Waals surface area contributed by atoms with Gasteiger partial charge < -0.3 is 14.8 Å². The van der Waals surface area contributed by atoms with Crippen molar-refractivity contribution in [3.05, 3.63) is 77.2 Å². The van der Waals surface area contributed by atoms with E-state index in [1.165, 1.54) is 29.1 Å². The Morgan fingerprint density at radius 1 is 1.12 bits per heavy atom. The highest BCUT2D eigenvalue weighted by Crippen LogP contribution is 2.29. The maximum Gasteiger partial charge on any atom is 0.343 e. The molecule has 0 radical (unpaired) electrons. The molecule has 0 fully saturated rings. The fourth-order valence-electron chi connectivity index (χ4n) is 3.47. The third-order valence-corrected chi connectivity index (χ3v) is 5.05. The van der Waals surface area contributed by atoms with E-state index in [0.29, 0.717) is 17.1 Å². The predicted molar refractivity (Wildman–Crippen MR) is 120 cm³/mol. The van der Waals surface area contributed by atoms with Crippen molar-refractivity contribution in [2.75, 3.05) is 19.0 Å². The molecule has 0 atom stereocenters. The molecule has 2 heterocycles. The molecule has 1 N–H and O–H groups in total. The summed E-state index contributed by atoms with van der Waals surface area (Å²) in [5, 5.41) is 7.75. The van der Waals surface area contributed by atoms with Gasteiger partial charge in [0.05, 0.1) is 25.5 Å². The monoisotopic (exact) mass is 448 g/mol. The Morgan fingerprint density at radius 2 is 1.91 bits per heavy atom. The highest BCUT2D eigenvalue weighted by molar-refractivity contribution is 6.07. The fourth-order valence-corrected chi connectivity index (χ4v) is 3.47. The first-order chi connectivity index (χ1) is 15.9. The summed E-state index contributed by atoms with van der Waals surface area (Å²) in [7, 11) is 1.55. The second kappa shape index (κ2) is 9.07. The number of pyridine rings is 1. The van der Waals surface area contributed by atoms with Crippen LogP contribution in [-0.4, -0.2) is 40.4 Å². The molecule has 0 saturated carbocycles. The maximum absolute atomic E-state index is 14.2. The Balaban J connectivity index is 1.86. The van der Waals surface area contributed by atoms with Gasteiger partial charge in [-0.15, -0.1) is 0 Å². The molecule has 9 heteroatoms. The summed E-state index contributed by atoms with van der Waals surface area (Å²) in [6.45, 7) is 3.70. The molecular weight excluding hydrogens is 427 g/mol. The van der Waals surface area contributed by atoms with Gasteiger partial charge in [0, 0.05) is 5.39 Å². The minimum absolute atomic E-state index is 0.0149. The molecule has 0 aliphatic carbocycles. The summed E-state index contributed by atoms with van der Waals surface area (Å²) in [5.74, 6) is -1.19. The zero-order valence-electron chi connectivity index (χ0n) is 18.3. The van der Waals surface area contributed by atoms with Crippen LogP contribution in [0.25, 0.3) is 16.7 Å². The standard InChI is InChI=1S/C24H21FN4O4/c1-4-33-24(31)17-13-26-29(22(17)28-23(30)16-8-5-6-10-18(16)25)20-12-14(2)15-9-7-11-19(32-3)21(15)27-20/h5-13H,4H2,1-3H3,(H,28,30). The van der Waals surface area contributed by atoms with Crippen LogP contribution in [0, 0.1) is 12.7 Å². The minimum Gasteiger partial charge on any atom is -0.494 e. The lowest BCUT2D eigenvalue weighted by molar-refractivity contribution is 0.0527. The van der Waals surface area contributed by atoms with Crippen molar-refractivity contribution in [3.8, 4) is 11.6 Å². The number of carbonyl (C=O) groups is 2. The minimum atomic E-state index is -0.740. The molecule has 168 valence electrons. The molecule has 0 bridgehead atoms. The number of anilines is 1. The number of esters is 1. The summed E-state index contributed by atoms with van der Waals surface area (Å²) < 4.78 is 26.0. The van der Waals surface area contributed by atoms with Crippen molar-refractivity contribution in [2.45, 2.75) is 13.8 Å². The first-order valence-electron chi connectivity index (χ1n) is 10.2. The summed E-state index contributed by atoms with van der Waals surface area (Å²) in [6.07, 6.45) is 1.28. The molecule has 33 heavy (non-hydrogen) atoms. The first kappa shape index (κ1) is 21.9. The quantitative estimate of drug-likeness (QED) is 0.442. The van der Waals surface area contributed by atoms with Crippen LogP contribution in [0.3, 0.4) is 0 Å². The molecular formula is C24H21FN4O4. The number of nitrogens with zero attached hydrogens (tertiary/aromatic N) is 3. The number of aromatic nitrogens is 3. The average Bonchev–Trinajstić information content (AvgIpc) is 3.22. The Labute approximate surface area is 189 Å². The fraction of sp³-hybridized carbons (Fsp3) is 0.167. The lowest BCUT2D eigenvalue weighted by Crippen LogP contribution is -2.19. The third kappa shape index (κ3) is 4.12.